The monoisotopic (exact) mass is 302 g/mol. The van der Waals surface area contributed by atoms with Crippen LogP contribution in [0, 0.1) is 0 Å². The molecule has 0 spiro atoms. The van der Waals surface area contributed by atoms with Gasteiger partial charge in [0.1, 0.15) is 6.04 Å². The molecule has 1 fully saturated rings. The van der Waals surface area contributed by atoms with E-state index in [1.807, 2.05) is 13.8 Å². The van der Waals surface area contributed by atoms with Gasteiger partial charge in [0.2, 0.25) is 11.8 Å². The second kappa shape index (κ2) is 6.80. The van der Waals surface area contributed by atoms with Crippen molar-refractivity contribution in [3.8, 4) is 0 Å². The maximum absolute atomic E-state index is 12.6. The first kappa shape index (κ1) is 17.3. The van der Waals surface area contributed by atoms with Crippen molar-refractivity contribution in [2.45, 2.75) is 63.2 Å². The summed E-state index contributed by atoms with van der Waals surface area (Å²) in [6, 6.07) is -0.572. The van der Waals surface area contributed by atoms with Crippen molar-refractivity contribution < 1.29 is 14.7 Å². The first-order chi connectivity index (χ1) is 9.13. The Labute approximate surface area is 125 Å². The molecule has 6 heteroatoms. The predicted molar refractivity (Wildman–Crippen MR) is 81.6 cm³/mol. The highest BCUT2D eigenvalue weighted by Crippen LogP contribution is 2.33. The van der Waals surface area contributed by atoms with E-state index >= 15 is 0 Å². The van der Waals surface area contributed by atoms with Gasteiger partial charge in [-0.2, -0.15) is 11.8 Å². The highest BCUT2D eigenvalue weighted by atomic mass is 32.2. The third-order valence-corrected chi connectivity index (χ3v) is 4.62. The van der Waals surface area contributed by atoms with E-state index < -0.39 is 16.9 Å². The van der Waals surface area contributed by atoms with Crippen LogP contribution in [0.25, 0.3) is 0 Å². The summed E-state index contributed by atoms with van der Waals surface area (Å²) in [4.78, 5) is 25.7. The molecule has 1 rings (SSSR count). The van der Waals surface area contributed by atoms with Crippen molar-refractivity contribution in [3.63, 3.8) is 0 Å². The Morgan fingerprint density at radius 2 is 2.00 bits per heavy atom. The standard InChI is InChI=1S/C14H26N2O3S/c1-9(2)20-14(4,5)12(15-10(3)17)13(19)16-7-6-11(18)8-16/h9,11-12,18H,6-8H2,1-5H3,(H,15,17). The summed E-state index contributed by atoms with van der Waals surface area (Å²) in [7, 11) is 0. The normalized spacial score (nSPS) is 21.1. The number of carbonyl (C=O) groups excluding carboxylic acids is 2. The van der Waals surface area contributed by atoms with Crippen LogP contribution < -0.4 is 5.32 Å². The van der Waals surface area contributed by atoms with Gasteiger partial charge in [-0.05, 0) is 25.5 Å². The number of carbonyl (C=O) groups is 2. The van der Waals surface area contributed by atoms with Crippen molar-refractivity contribution in [3.05, 3.63) is 0 Å². The Morgan fingerprint density at radius 1 is 1.40 bits per heavy atom. The summed E-state index contributed by atoms with van der Waals surface area (Å²) >= 11 is 1.67. The number of rotatable bonds is 5. The maximum atomic E-state index is 12.6. The van der Waals surface area contributed by atoms with Gasteiger partial charge in [-0.1, -0.05) is 13.8 Å². The van der Waals surface area contributed by atoms with Gasteiger partial charge in [0.25, 0.3) is 0 Å². The van der Waals surface area contributed by atoms with Gasteiger partial charge in [-0.25, -0.2) is 0 Å². The summed E-state index contributed by atoms with van der Waals surface area (Å²) in [6.07, 6.45) is 0.161. The minimum Gasteiger partial charge on any atom is -0.391 e. The molecule has 0 saturated carbocycles. The summed E-state index contributed by atoms with van der Waals surface area (Å²) in [5.74, 6) is -0.310. The smallest absolute Gasteiger partial charge is 0.246 e. The van der Waals surface area contributed by atoms with Crippen molar-refractivity contribution in [2.75, 3.05) is 13.1 Å². The maximum Gasteiger partial charge on any atom is 0.246 e. The minimum atomic E-state index is -0.572. The molecule has 0 aliphatic carbocycles. The second-order valence-corrected chi connectivity index (χ2v) is 8.36. The van der Waals surface area contributed by atoms with E-state index in [9.17, 15) is 14.7 Å². The van der Waals surface area contributed by atoms with E-state index in [0.717, 1.165) is 0 Å². The van der Waals surface area contributed by atoms with Gasteiger partial charge in [-0.15, -0.1) is 0 Å². The molecule has 0 bridgehead atoms. The largest absolute Gasteiger partial charge is 0.391 e. The highest BCUT2D eigenvalue weighted by Gasteiger charge is 2.40. The van der Waals surface area contributed by atoms with Crippen molar-refractivity contribution in [1.29, 1.82) is 0 Å². The Balaban J connectivity index is 2.87. The lowest BCUT2D eigenvalue weighted by Gasteiger charge is -2.36. The molecule has 20 heavy (non-hydrogen) atoms. The first-order valence-corrected chi connectivity index (χ1v) is 7.93. The molecule has 2 amide bonds. The molecule has 5 nitrogen and oxygen atoms in total. The van der Waals surface area contributed by atoms with E-state index in [4.69, 9.17) is 0 Å². The van der Waals surface area contributed by atoms with Crippen LogP contribution in [0.5, 0.6) is 0 Å². The third-order valence-electron chi connectivity index (χ3n) is 3.30. The Hall–Kier alpha value is -0.750. The number of aliphatic hydroxyl groups is 1. The van der Waals surface area contributed by atoms with Gasteiger partial charge in [0.05, 0.1) is 6.10 Å². The van der Waals surface area contributed by atoms with Crippen LogP contribution >= 0.6 is 11.8 Å². The molecular weight excluding hydrogens is 276 g/mol. The molecule has 0 aromatic carbocycles. The number of hydrogen-bond donors (Lipinski definition) is 2. The summed E-state index contributed by atoms with van der Waals surface area (Å²) < 4.78 is -0.398. The molecule has 1 aliphatic heterocycles. The molecule has 2 N–H and O–H groups in total. The van der Waals surface area contributed by atoms with Gasteiger partial charge in [0.15, 0.2) is 0 Å². The lowest BCUT2D eigenvalue weighted by atomic mass is 10.0. The molecule has 0 aromatic heterocycles. The number of aliphatic hydroxyl groups excluding tert-OH is 1. The first-order valence-electron chi connectivity index (χ1n) is 7.05. The number of nitrogens with one attached hydrogen (secondary N) is 1. The lowest BCUT2D eigenvalue weighted by molar-refractivity contribution is -0.136. The zero-order chi connectivity index (χ0) is 15.5. The van der Waals surface area contributed by atoms with Crippen molar-refractivity contribution in [2.24, 2.45) is 0 Å². The van der Waals surface area contributed by atoms with Crippen LogP contribution in [0.4, 0.5) is 0 Å². The number of amides is 2. The van der Waals surface area contributed by atoms with Crippen LogP contribution in [0.3, 0.4) is 0 Å². The zero-order valence-corrected chi connectivity index (χ0v) is 13.8. The molecular formula is C14H26N2O3S. The lowest BCUT2D eigenvalue weighted by Crippen LogP contribution is -2.57. The zero-order valence-electron chi connectivity index (χ0n) is 13.0. The average Bonchev–Trinajstić information content (AvgIpc) is 2.69. The SMILES string of the molecule is CC(=O)NC(C(=O)N1CCC(O)C1)C(C)(C)SC(C)C. The van der Waals surface area contributed by atoms with Gasteiger partial charge in [0, 0.05) is 24.8 Å². The highest BCUT2D eigenvalue weighted by molar-refractivity contribution is 8.01. The van der Waals surface area contributed by atoms with Crippen LogP contribution in [0.2, 0.25) is 0 Å². The molecule has 1 saturated heterocycles. The summed E-state index contributed by atoms with van der Waals surface area (Å²) in [6.45, 7) is 10.4. The van der Waals surface area contributed by atoms with Crippen LogP contribution in [0.15, 0.2) is 0 Å². The second-order valence-electron chi connectivity index (χ2n) is 6.13. The van der Waals surface area contributed by atoms with E-state index in [2.05, 4.69) is 19.2 Å². The molecule has 0 aromatic rings. The fourth-order valence-electron chi connectivity index (χ4n) is 2.54. The van der Waals surface area contributed by atoms with E-state index in [1.165, 1.54) is 6.92 Å². The van der Waals surface area contributed by atoms with E-state index in [0.29, 0.717) is 24.8 Å². The van der Waals surface area contributed by atoms with Gasteiger partial charge in [-0.3, -0.25) is 9.59 Å². The Kier molecular flexibility index (Phi) is 5.89. The van der Waals surface area contributed by atoms with Crippen molar-refractivity contribution in [1.82, 2.24) is 10.2 Å². The minimum absolute atomic E-state index is 0.102. The number of hydrogen-bond acceptors (Lipinski definition) is 4. The number of β-amino-alcohol motifs (C(OH)–C–C–N with tert-alkyl or cyclic N) is 1. The molecule has 116 valence electrons. The van der Waals surface area contributed by atoms with Crippen LogP contribution in [0.1, 0.15) is 41.0 Å². The fourth-order valence-corrected chi connectivity index (χ4v) is 4.05. The topological polar surface area (TPSA) is 69.6 Å². The predicted octanol–water partition coefficient (Wildman–Crippen LogP) is 1.00. The Morgan fingerprint density at radius 3 is 2.40 bits per heavy atom. The van der Waals surface area contributed by atoms with Crippen LogP contribution in [-0.2, 0) is 9.59 Å². The summed E-state index contributed by atoms with van der Waals surface area (Å²) in [5.41, 5.74) is 0. The van der Waals surface area contributed by atoms with E-state index in [1.54, 1.807) is 16.7 Å². The van der Waals surface area contributed by atoms with Gasteiger partial charge >= 0.3 is 0 Å². The third kappa shape index (κ3) is 4.66. The number of likely N-dealkylation sites (tertiary alicyclic amines) is 1. The summed E-state index contributed by atoms with van der Waals surface area (Å²) in [5, 5.41) is 12.7. The number of thioether (sulfide) groups is 1. The quantitative estimate of drug-likeness (QED) is 0.795. The van der Waals surface area contributed by atoms with Gasteiger partial charge < -0.3 is 15.3 Å². The average molecular weight is 302 g/mol. The number of nitrogens with zero attached hydrogens (tertiary/aromatic N) is 1. The fraction of sp³-hybridized carbons (Fsp3) is 0.857. The molecule has 2 unspecified atom stereocenters. The molecule has 1 heterocycles. The van der Waals surface area contributed by atoms with Crippen LogP contribution in [-0.4, -0.2) is 57.1 Å². The molecule has 1 aliphatic rings. The molecule has 0 radical (unpaired) electrons. The van der Waals surface area contributed by atoms with E-state index in [-0.39, 0.29) is 11.8 Å². The van der Waals surface area contributed by atoms with Crippen molar-refractivity contribution >= 4 is 23.6 Å². The molecule has 2 atom stereocenters. The Bertz CT molecular complexity index is 371.